The van der Waals surface area contributed by atoms with Gasteiger partial charge in [-0.25, -0.2) is 0 Å². The fraction of sp³-hybridized carbons (Fsp3) is 0.923. The second-order valence-electron chi connectivity index (χ2n) is 5.79. The number of carbonyl (C=O) groups is 1. The molecule has 17 heavy (non-hydrogen) atoms. The molecule has 2 atom stereocenters. The van der Waals surface area contributed by atoms with Crippen LogP contribution in [0.4, 0.5) is 0 Å². The molecule has 0 bridgehead atoms. The van der Waals surface area contributed by atoms with E-state index in [0.29, 0.717) is 19.0 Å². The van der Waals surface area contributed by atoms with Gasteiger partial charge in [0, 0.05) is 19.7 Å². The molecule has 0 aromatic carbocycles. The summed E-state index contributed by atoms with van der Waals surface area (Å²) in [6.07, 6.45) is 1.91. The lowest BCUT2D eigenvalue weighted by atomic mass is 9.79. The van der Waals surface area contributed by atoms with E-state index in [-0.39, 0.29) is 23.5 Å². The Morgan fingerprint density at radius 2 is 2.18 bits per heavy atom. The first-order valence-electron chi connectivity index (χ1n) is 6.67. The summed E-state index contributed by atoms with van der Waals surface area (Å²) in [5.74, 6) is 0.737. The molecule has 2 rings (SSSR count). The van der Waals surface area contributed by atoms with Crippen LogP contribution >= 0.6 is 0 Å². The summed E-state index contributed by atoms with van der Waals surface area (Å²) in [7, 11) is 0. The van der Waals surface area contributed by atoms with Crippen LogP contribution in [0.15, 0.2) is 0 Å². The van der Waals surface area contributed by atoms with Crippen LogP contribution in [0.1, 0.15) is 33.6 Å². The number of rotatable bonds is 3. The number of carbonyl (C=O) groups excluding carboxylic acids is 1. The summed E-state index contributed by atoms with van der Waals surface area (Å²) in [6, 6.07) is 0. The average Bonchev–Trinajstić information content (AvgIpc) is 2.71. The van der Waals surface area contributed by atoms with Crippen LogP contribution in [-0.2, 0) is 9.53 Å². The molecule has 0 aliphatic carbocycles. The third-order valence-electron chi connectivity index (χ3n) is 4.36. The quantitative estimate of drug-likeness (QED) is 0.800. The van der Waals surface area contributed by atoms with Gasteiger partial charge >= 0.3 is 0 Å². The van der Waals surface area contributed by atoms with Gasteiger partial charge in [-0.15, -0.1) is 0 Å². The van der Waals surface area contributed by atoms with Crippen LogP contribution in [0, 0.1) is 11.8 Å². The predicted octanol–water partition coefficient (Wildman–Crippen LogP) is 0.997. The van der Waals surface area contributed by atoms with Crippen molar-refractivity contribution >= 4 is 5.91 Å². The molecule has 0 radical (unpaired) electrons. The van der Waals surface area contributed by atoms with Crippen LogP contribution in [0.5, 0.6) is 0 Å². The highest BCUT2D eigenvalue weighted by Gasteiger charge is 2.47. The van der Waals surface area contributed by atoms with Gasteiger partial charge in [0.05, 0.1) is 17.6 Å². The van der Waals surface area contributed by atoms with Gasteiger partial charge in [-0.05, 0) is 18.8 Å². The Balaban J connectivity index is 1.91. The van der Waals surface area contributed by atoms with E-state index in [2.05, 4.69) is 20.8 Å². The molecular weight excluding hydrogens is 216 g/mol. The standard InChI is InChI=1S/C13H24N2O2/c1-4-11-10(5-6-17-11)12(16)15-7-13(14,8-15)9(2)3/h9-11H,4-8,14H2,1-3H3. The normalized spacial score (nSPS) is 31.7. The van der Waals surface area contributed by atoms with Gasteiger partial charge in [0.15, 0.2) is 0 Å². The molecule has 2 aliphatic rings. The van der Waals surface area contributed by atoms with Crippen molar-refractivity contribution in [3.05, 3.63) is 0 Å². The number of ether oxygens (including phenoxy) is 1. The number of hydrogen-bond acceptors (Lipinski definition) is 3. The third-order valence-corrected chi connectivity index (χ3v) is 4.36. The molecule has 4 nitrogen and oxygen atoms in total. The Kier molecular flexibility index (Phi) is 3.46. The highest BCUT2D eigenvalue weighted by molar-refractivity contribution is 5.81. The lowest BCUT2D eigenvalue weighted by Crippen LogP contribution is -2.71. The molecule has 2 saturated heterocycles. The molecule has 2 fully saturated rings. The molecule has 2 N–H and O–H groups in total. The summed E-state index contributed by atoms with van der Waals surface area (Å²) >= 11 is 0. The molecule has 1 amide bonds. The van der Waals surface area contributed by atoms with Crippen molar-refractivity contribution in [2.75, 3.05) is 19.7 Å². The average molecular weight is 240 g/mol. The topological polar surface area (TPSA) is 55.6 Å². The monoisotopic (exact) mass is 240 g/mol. The minimum Gasteiger partial charge on any atom is -0.377 e. The van der Waals surface area contributed by atoms with Crippen LogP contribution < -0.4 is 5.73 Å². The van der Waals surface area contributed by atoms with Gasteiger partial charge in [-0.3, -0.25) is 4.79 Å². The maximum atomic E-state index is 12.3. The van der Waals surface area contributed by atoms with Crippen molar-refractivity contribution in [3.63, 3.8) is 0 Å². The molecule has 0 saturated carbocycles. The molecule has 2 unspecified atom stereocenters. The van der Waals surface area contributed by atoms with Crippen molar-refractivity contribution < 1.29 is 9.53 Å². The minimum atomic E-state index is -0.170. The molecule has 2 aliphatic heterocycles. The zero-order valence-electron chi connectivity index (χ0n) is 11.1. The van der Waals surface area contributed by atoms with Crippen molar-refractivity contribution in [3.8, 4) is 0 Å². The molecule has 2 heterocycles. The molecule has 0 spiro atoms. The van der Waals surface area contributed by atoms with E-state index in [9.17, 15) is 4.79 Å². The Morgan fingerprint density at radius 3 is 2.71 bits per heavy atom. The predicted molar refractivity (Wildman–Crippen MR) is 66.5 cm³/mol. The van der Waals surface area contributed by atoms with E-state index in [4.69, 9.17) is 10.5 Å². The van der Waals surface area contributed by atoms with Gasteiger partial charge in [0.25, 0.3) is 0 Å². The smallest absolute Gasteiger partial charge is 0.228 e. The largest absolute Gasteiger partial charge is 0.377 e. The van der Waals surface area contributed by atoms with E-state index in [0.717, 1.165) is 19.4 Å². The van der Waals surface area contributed by atoms with Gasteiger partial charge < -0.3 is 15.4 Å². The fourth-order valence-electron chi connectivity index (χ4n) is 2.75. The lowest BCUT2D eigenvalue weighted by molar-refractivity contribution is -0.146. The molecule has 4 heteroatoms. The maximum absolute atomic E-state index is 12.3. The minimum absolute atomic E-state index is 0.0664. The third kappa shape index (κ3) is 2.20. The van der Waals surface area contributed by atoms with E-state index < -0.39 is 0 Å². The first kappa shape index (κ1) is 12.8. The summed E-state index contributed by atoms with van der Waals surface area (Å²) < 4.78 is 5.58. The van der Waals surface area contributed by atoms with Gasteiger partial charge in [-0.2, -0.15) is 0 Å². The first-order chi connectivity index (χ1) is 7.98. The molecule has 0 aromatic rings. The van der Waals surface area contributed by atoms with E-state index in [1.54, 1.807) is 0 Å². The summed E-state index contributed by atoms with van der Waals surface area (Å²) in [5.41, 5.74) is 6.04. The Hall–Kier alpha value is -0.610. The zero-order valence-corrected chi connectivity index (χ0v) is 11.1. The highest BCUT2D eigenvalue weighted by atomic mass is 16.5. The second kappa shape index (κ2) is 4.58. The van der Waals surface area contributed by atoms with E-state index >= 15 is 0 Å². The van der Waals surface area contributed by atoms with Gasteiger partial charge in [0.1, 0.15) is 0 Å². The number of likely N-dealkylation sites (tertiary alicyclic amines) is 1. The number of amides is 1. The molecule has 0 aromatic heterocycles. The summed E-state index contributed by atoms with van der Waals surface area (Å²) in [5, 5.41) is 0. The zero-order chi connectivity index (χ0) is 12.6. The number of nitrogens with zero attached hydrogens (tertiary/aromatic N) is 1. The molecular formula is C13H24N2O2. The Labute approximate surface area is 103 Å². The first-order valence-corrected chi connectivity index (χ1v) is 6.67. The maximum Gasteiger partial charge on any atom is 0.228 e. The molecule has 98 valence electrons. The van der Waals surface area contributed by atoms with Crippen LogP contribution in [-0.4, -0.2) is 42.1 Å². The Bertz CT molecular complexity index is 298. The van der Waals surface area contributed by atoms with E-state index in [1.807, 2.05) is 4.90 Å². The Morgan fingerprint density at radius 1 is 1.53 bits per heavy atom. The van der Waals surface area contributed by atoms with Crippen molar-refractivity contribution in [1.29, 1.82) is 0 Å². The lowest BCUT2D eigenvalue weighted by Gasteiger charge is -2.51. The highest BCUT2D eigenvalue weighted by Crippen LogP contribution is 2.31. The van der Waals surface area contributed by atoms with Crippen LogP contribution in [0.25, 0.3) is 0 Å². The van der Waals surface area contributed by atoms with Crippen LogP contribution in [0.3, 0.4) is 0 Å². The van der Waals surface area contributed by atoms with E-state index in [1.165, 1.54) is 0 Å². The van der Waals surface area contributed by atoms with Crippen molar-refractivity contribution in [2.45, 2.75) is 45.3 Å². The van der Waals surface area contributed by atoms with Gasteiger partial charge in [0.2, 0.25) is 5.91 Å². The van der Waals surface area contributed by atoms with Crippen molar-refractivity contribution in [2.24, 2.45) is 17.6 Å². The summed E-state index contributed by atoms with van der Waals surface area (Å²) in [6.45, 7) is 8.45. The summed E-state index contributed by atoms with van der Waals surface area (Å²) in [4.78, 5) is 14.2. The second-order valence-corrected chi connectivity index (χ2v) is 5.79. The van der Waals surface area contributed by atoms with Gasteiger partial charge in [-0.1, -0.05) is 20.8 Å². The fourth-order valence-corrected chi connectivity index (χ4v) is 2.75. The number of nitrogens with two attached hydrogens (primary N) is 1. The van der Waals surface area contributed by atoms with Crippen molar-refractivity contribution in [1.82, 2.24) is 4.90 Å². The number of hydrogen-bond donors (Lipinski definition) is 1. The SMILES string of the molecule is CCC1OCCC1C(=O)N1CC(N)(C(C)C)C1. The van der Waals surface area contributed by atoms with Crippen LogP contribution in [0.2, 0.25) is 0 Å².